The normalized spacial score (nSPS) is 15.0. The van der Waals surface area contributed by atoms with Crippen LogP contribution in [-0.2, 0) is 17.0 Å². The van der Waals surface area contributed by atoms with E-state index in [9.17, 15) is 48.5 Å². The molecule has 40 heavy (non-hydrogen) atoms. The molecule has 0 aliphatic rings. The molecule has 0 aromatic heterocycles. The second kappa shape index (κ2) is 12.8. The third kappa shape index (κ3) is 9.42. The van der Waals surface area contributed by atoms with Gasteiger partial charge in [-0.05, 0) is 42.3 Å². The molecule has 3 atom stereocenters. The molecular formula is C24H17Cl2F9N2O2S. The first-order valence-electron chi connectivity index (χ1n) is 10.8. The van der Waals surface area contributed by atoms with Crippen molar-refractivity contribution in [1.29, 1.82) is 5.26 Å². The first-order valence-corrected chi connectivity index (χ1v) is 13.0. The number of hydrogen-bond acceptors (Lipinski definition) is 3. The Morgan fingerprint density at radius 1 is 1.05 bits per heavy atom. The molecule has 218 valence electrons. The van der Waals surface area contributed by atoms with E-state index in [1.165, 1.54) is 0 Å². The molecule has 2 aromatic rings. The quantitative estimate of drug-likeness (QED) is 0.302. The van der Waals surface area contributed by atoms with Crippen molar-refractivity contribution in [2.45, 2.75) is 37.4 Å². The summed E-state index contributed by atoms with van der Waals surface area (Å²) in [6.07, 6.45) is -13.5. The molecule has 1 N–H and O–H groups in total. The molecular weight excluding hydrogens is 622 g/mol. The van der Waals surface area contributed by atoms with Crippen LogP contribution in [0, 0.1) is 11.3 Å². The second-order valence-corrected chi connectivity index (χ2v) is 10.7. The summed E-state index contributed by atoms with van der Waals surface area (Å²) in [5.41, 5.74) is -3.59. The number of benzene rings is 2. The molecule has 2 unspecified atom stereocenters. The number of carbonyl (C=O) groups is 1. The zero-order valence-corrected chi connectivity index (χ0v) is 22.3. The van der Waals surface area contributed by atoms with Crippen LogP contribution in [0.5, 0.6) is 0 Å². The number of alkyl halides is 9. The predicted octanol–water partition coefficient (Wildman–Crippen LogP) is 7.67. The first kappa shape index (κ1) is 33.4. The minimum Gasteiger partial charge on any atom is -0.349 e. The highest BCUT2D eigenvalue weighted by atomic mass is 35.5. The molecule has 2 aromatic carbocycles. The number of hydrogen-bond donors (Lipinski definition) is 1. The van der Waals surface area contributed by atoms with E-state index in [0.717, 1.165) is 31.2 Å². The highest BCUT2D eigenvalue weighted by Gasteiger charge is 2.40. The molecule has 4 nitrogen and oxygen atoms in total. The smallest absolute Gasteiger partial charge is 0.349 e. The van der Waals surface area contributed by atoms with Crippen LogP contribution < -0.4 is 5.32 Å². The Morgan fingerprint density at radius 2 is 1.62 bits per heavy atom. The minimum absolute atomic E-state index is 0.262. The lowest BCUT2D eigenvalue weighted by molar-refractivity contribution is -0.139. The van der Waals surface area contributed by atoms with E-state index < -0.39 is 75.4 Å². The Hall–Kier alpha value is -2.76. The number of nitrogens with one attached hydrogen (secondary N) is 1. The van der Waals surface area contributed by atoms with Crippen molar-refractivity contribution in [2.24, 2.45) is 0 Å². The minimum atomic E-state index is -5.14. The molecule has 0 aliphatic heterocycles. The standard InChI is InChI=1S/C24H17Cl2F9N2O2S/c1-12(10-40(39)11-22(27,28)29)37-21(38)15-4-2-13(6-18(15)24(33,34)35)3-5-17(23(30,31)32)14-7-19(25)16(9-36)20(26)8-14/h2-8,12,17H,10-11H2,1H3,(H,37,38)/b5-3+/t12-,17?,40?/m1/s1. The average molecular weight is 639 g/mol. The number of rotatable bonds is 8. The third-order valence-corrected chi connectivity index (χ3v) is 7.22. The maximum Gasteiger partial charge on any atom is 0.417 e. The fraction of sp³-hybridized carbons (Fsp3) is 0.333. The van der Waals surface area contributed by atoms with Crippen LogP contribution in [0.2, 0.25) is 10.0 Å². The van der Waals surface area contributed by atoms with Crippen LogP contribution in [0.1, 0.15) is 45.5 Å². The third-order valence-electron chi connectivity index (χ3n) is 5.10. The summed E-state index contributed by atoms with van der Waals surface area (Å²) in [5.74, 6) is -6.07. The van der Waals surface area contributed by atoms with Gasteiger partial charge < -0.3 is 5.32 Å². The topological polar surface area (TPSA) is 70.0 Å². The highest BCUT2D eigenvalue weighted by Crippen LogP contribution is 2.40. The van der Waals surface area contributed by atoms with E-state index in [1.807, 2.05) is 5.32 Å². The molecule has 0 heterocycles. The maximum atomic E-state index is 13.8. The van der Waals surface area contributed by atoms with Crippen LogP contribution in [0.15, 0.2) is 36.4 Å². The summed E-state index contributed by atoms with van der Waals surface area (Å²) in [7, 11) is -2.45. The van der Waals surface area contributed by atoms with E-state index in [2.05, 4.69) is 0 Å². The Balaban J connectivity index is 2.38. The van der Waals surface area contributed by atoms with Crippen molar-refractivity contribution >= 4 is 46.0 Å². The monoisotopic (exact) mass is 638 g/mol. The van der Waals surface area contributed by atoms with E-state index >= 15 is 0 Å². The van der Waals surface area contributed by atoms with Gasteiger partial charge in [-0.3, -0.25) is 9.00 Å². The van der Waals surface area contributed by atoms with Crippen molar-refractivity contribution in [3.05, 3.63) is 74.3 Å². The molecule has 0 aliphatic carbocycles. The van der Waals surface area contributed by atoms with Gasteiger partial charge in [0.15, 0.2) is 0 Å². The van der Waals surface area contributed by atoms with Gasteiger partial charge in [0.05, 0.1) is 32.7 Å². The molecule has 0 saturated carbocycles. The molecule has 0 fully saturated rings. The van der Waals surface area contributed by atoms with Crippen molar-refractivity contribution in [3.63, 3.8) is 0 Å². The van der Waals surface area contributed by atoms with E-state index in [1.54, 1.807) is 6.07 Å². The van der Waals surface area contributed by atoms with Crippen LogP contribution in [0.3, 0.4) is 0 Å². The van der Waals surface area contributed by atoms with Gasteiger partial charge in [-0.2, -0.15) is 44.8 Å². The number of amides is 1. The van der Waals surface area contributed by atoms with E-state index in [-0.39, 0.29) is 21.2 Å². The molecule has 1 amide bonds. The number of allylic oxidation sites excluding steroid dienone is 1. The summed E-state index contributed by atoms with van der Waals surface area (Å²) < 4.78 is 131. The van der Waals surface area contributed by atoms with Gasteiger partial charge in [0, 0.05) is 22.6 Å². The summed E-state index contributed by atoms with van der Waals surface area (Å²) in [6, 6.07) is 4.18. The summed E-state index contributed by atoms with van der Waals surface area (Å²) in [6.45, 7) is 1.15. The summed E-state index contributed by atoms with van der Waals surface area (Å²) in [4.78, 5) is 12.5. The fourth-order valence-corrected chi connectivity index (χ4v) is 5.17. The van der Waals surface area contributed by atoms with Gasteiger partial charge in [-0.1, -0.05) is 41.4 Å². The Labute approximate surface area is 234 Å². The Bertz CT molecular complexity index is 1330. The summed E-state index contributed by atoms with van der Waals surface area (Å²) in [5, 5.41) is 10.3. The van der Waals surface area contributed by atoms with Crippen LogP contribution >= 0.6 is 23.2 Å². The van der Waals surface area contributed by atoms with E-state index in [0.29, 0.717) is 18.2 Å². The second-order valence-electron chi connectivity index (χ2n) is 8.39. The average Bonchev–Trinajstić information content (AvgIpc) is 2.76. The molecule has 0 bridgehead atoms. The van der Waals surface area contributed by atoms with Crippen LogP contribution in [0.25, 0.3) is 6.08 Å². The molecule has 2 rings (SSSR count). The largest absolute Gasteiger partial charge is 0.417 e. The van der Waals surface area contributed by atoms with Crippen molar-refractivity contribution in [2.75, 3.05) is 11.5 Å². The molecule has 0 spiro atoms. The van der Waals surface area contributed by atoms with Gasteiger partial charge in [-0.15, -0.1) is 0 Å². The maximum absolute atomic E-state index is 13.8. The predicted molar refractivity (Wildman–Crippen MR) is 131 cm³/mol. The number of carbonyl (C=O) groups excluding carboxylic acids is 1. The van der Waals surface area contributed by atoms with Gasteiger partial charge in [0.1, 0.15) is 11.8 Å². The lowest BCUT2D eigenvalue weighted by Crippen LogP contribution is -2.38. The first-order chi connectivity index (χ1) is 18.2. The fourth-order valence-electron chi connectivity index (χ4n) is 3.46. The van der Waals surface area contributed by atoms with Gasteiger partial charge in [0.2, 0.25) is 0 Å². The molecule has 16 heteroatoms. The van der Waals surface area contributed by atoms with E-state index in [4.69, 9.17) is 28.5 Å². The van der Waals surface area contributed by atoms with Crippen molar-refractivity contribution in [3.8, 4) is 6.07 Å². The molecule has 0 saturated heterocycles. The van der Waals surface area contributed by atoms with Gasteiger partial charge in [-0.25, -0.2) is 0 Å². The highest BCUT2D eigenvalue weighted by molar-refractivity contribution is 7.85. The van der Waals surface area contributed by atoms with Crippen molar-refractivity contribution < 1.29 is 48.5 Å². The zero-order chi connectivity index (χ0) is 30.6. The summed E-state index contributed by atoms with van der Waals surface area (Å²) >= 11 is 11.7. The number of halogens is 11. The number of nitrogens with zero attached hydrogens (tertiary/aromatic N) is 1. The van der Waals surface area contributed by atoms with Crippen molar-refractivity contribution in [1.82, 2.24) is 5.32 Å². The van der Waals surface area contributed by atoms with Gasteiger partial charge in [0.25, 0.3) is 5.91 Å². The Kier molecular flexibility index (Phi) is 10.7. The number of nitriles is 1. The van der Waals surface area contributed by atoms with Crippen LogP contribution in [0.4, 0.5) is 39.5 Å². The molecule has 0 radical (unpaired) electrons. The lowest BCUT2D eigenvalue weighted by Gasteiger charge is -2.19. The Morgan fingerprint density at radius 3 is 2.10 bits per heavy atom. The SMILES string of the molecule is C[C@H](CS(=O)CC(F)(F)F)NC(=O)c1ccc(/C=C/C(c2cc(Cl)c(C#N)c(Cl)c2)C(F)(F)F)cc1C(F)(F)F. The zero-order valence-electron chi connectivity index (χ0n) is 19.9. The van der Waals surface area contributed by atoms with Crippen LogP contribution in [-0.4, -0.2) is 40.0 Å². The lowest BCUT2D eigenvalue weighted by atomic mass is 9.95. The van der Waals surface area contributed by atoms with Gasteiger partial charge >= 0.3 is 18.5 Å².